The molecule has 0 aliphatic heterocycles. The Balaban J connectivity index is 2.99. The fraction of sp³-hybridized carbons (Fsp3) is 0.273. The molecule has 0 unspecified atom stereocenters. The van der Waals surface area contributed by atoms with Gasteiger partial charge in [0.2, 0.25) is 0 Å². The average molecular weight is 250 g/mol. The summed E-state index contributed by atoms with van der Waals surface area (Å²) in [5.74, 6) is 0.435. The van der Waals surface area contributed by atoms with E-state index in [2.05, 4.69) is 0 Å². The van der Waals surface area contributed by atoms with E-state index in [1.807, 2.05) is 0 Å². The van der Waals surface area contributed by atoms with Gasteiger partial charge in [0.25, 0.3) is 0 Å². The molecule has 0 aromatic heterocycles. The molecule has 0 atom stereocenters. The highest BCUT2D eigenvalue weighted by molar-refractivity contribution is 6.17. The van der Waals surface area contributed by atoms with Gasteiger partial charge in [-0.2, -0.15) is 13.2 Å². The first-order chi connectivity index (χ1) is 7.43. The van der Waals surface area contributed by atoms with E-state index >= 15 is 0 Å². The zero-order valence-electron chi connectivity index (χ0n) is 8.39. The number of hydrogen-bond acceptors (Lipinski definition) is 1. The Morgan fingerprint density at radius 3 is 2.50 bits per heavy atom. The molecule has 1 rings (SSSR count). The summed E-state index contributed by atoms with van der Waals surface area (Å²) in [4.78, 5) is 0. The predicted molar refractivity (Wildman–Crippen MR) is 60.2 cm³/mol. The number of alkyl halides is 4. The van der Waals surface area contributed by atoms with Crippen LogP contribution in [0.3, 0.4) is 0 Å². The zero-order chi connectivity index (χ0) is 12.2. The molecule has 5 heteroatoms. The first kappa shape index (κ1) is 12.9. The molecule has 0 fully saturated rings. The lowest BCUT2D eigenvalue weighted by Gasteiger charge is -2.08. The second-order valence-corrected chi connectivity index (χ2v) is 3.64. The van der Waals surface area contributed by atoms with Gasteiger partial charge in [0.05, 0.1) is 5.56 Å². The van der Waals surface area contributed by atoms with Crippen LogP contribution in [0.4, 0.5) is 18.9 Å². The highest BCUT2D eigenvalue weighted by Gasteiger charge is 2.30. The quantitative estimate of drug-likeness (QED) is 0.637. The SMILES string of the molecule is Nc1cc(C=CCCCl)cc(C(F)(F)F)c1. The van der Waals surface area contributed by atoms with E-state index in [1.165, 1.54) is 6.07 Å². The molecule has 2 N–H and O–H groups in total. The van der Waals surface area contributed by atoms with Crippen molar-refractivity contribution in [1.29, 1.82) is 0 Å². The van der Waals surface area contributed by atoms with Gasteiger partial charge in [-0.25, -0.2) is 0 Å². The third-order valence-corrected chi connectivity index (χ3v) is 2.11. The summed E-state index contributed by atoms with van der Waals surface area (Å²) >= 11 is 5.45. The highest BCUT2D eigenvalue weighted by atomic mass is 35.5. The molecule has 0 radical (unpaired) electrons. The normalized spacial score (nSPS) is 12.2. The van der Waals surface area contributed by atoms with Crippen LogP contribution in [0.15, 0.2) is 24.3 Å². The Labute approximate surface area is 96.7 Å². The second kappa shape index (κ2) is 5.25. The van der Waals surface area contributed by atoms with Crippen molar-refractivity contribution in [1.82, 2.24) is 0 Å². The summed E-state index contributed by atoms with van der Waals surface area (Å²) < 4.78 is 37.3. The Morgan fingerprint density at radius 1 is 1.25 bits per heavy atom. The van der Waals surface area contributed by atoms with Crippen molar-refractivity contribution >= 4 is 23.4 Å². The largest absolute Gasteiger partial charge is 0.416 e. The number of halogens is 4. The Morgan fingerprint density at radius 2 is 1.94 bits per heavy atom. The van der Waals surface area contributed by atoms with Gasteiger partial charge in [-0.3, -0.25) is 0 Å². The number of rotatable bonds is 3. The summed E-state index contributed by atoms with van der Waals surface area (Å²) in [5.41, 5.74) is 5.19. The Bertz CT molecular complexity index is 385. The predicted octanol–water partition coefficient (Wildman–Crippen LogP) is 3.93. The Hall–Kier alpha value is -1.16. The topological polar surface area (TPSA) is 26.0 Å². The van der Waals surface area contributed by atoms with Crippen molar-refractivity contribution in [3.05, 3.63) is 35.4 Å². The van der Waals surface area contributed by atoms with E-state index in [9.17, 15) is 13.2 Å². The van der Waals surface area contributed by atoms with Crippen LogP contribution in [0.5, 0.6) is 0 Å². The number of benzene rings is 1. The fourth-order valence-corrected chi connectivity index (χ4v) is 1.34. The van der Waals surface area contributed by atoms with Crippen LogP contribution in [0.1, 0.15) is 17.5 Å². The molecule has 16 heavy (non-hydrogen) atoms. The number of anilines is 1. The maximum atomic E-state index is 12.4. The molecule has 0 bridgehead atoms. The number of nitrogen functional groups attached to an aromatic ring is 1. The zero-order valence-corrected chi connectivity index (χ0v) is 9.15. The van der Waals surface area contributed by atoms with E-state index in [-0.39, 0.29) is 5.69 Å². The van der Waals surface area contributed by atoms with Crippen LogP contribution >= 0.6 is 11.6 Å². The van der Waals surface area contributed by atoms with Crippen molar-refractivity contribution in [2.45, 2.75) is 12.6 Å². The van der Waals surface area contributed by atoms with E-state index in [1.54, 1.807) is 12.2 Å². The molecule has 0 amide bonds. The van der Waals surface area contributed by atoms with E-state index in [0.29, 0.717) is 17.9 Å². The monoisotopic (exact) mass is 249 g/mol. The molecular weight excluding hydrogens is 239 g/mol. The minimum Gasteiger partial charge on any atom is -0.399 e. The van der Waals surface area contributed by atoms with Gasteiger partial charge in [-0.1, -0.05) is 12.2 Å². The summed E-state index contributed by atoms with van der Waals surface area (Å²) in [6.45, 7) is 0. The van der Waals surface area contributed by atoms with E-state index in [0.717, 1.165) is 12.1 Å². The second-order valence-electron chi connectivity index (χ2n) is 3.27. The molecule has 0 spiro atoms. The van der Waals surface area contributed by atoms with Crippen LogP contribution in [-0.4, -0.2) is 5.88 Å². The van der Waals surface area contributed by atoms with Crippen molar-refractivity contribution in [2.24, 2.45) is 0 Å². The van der Waals surface area contributed by atoms with Crippen molar-refractivity contribution in [3.63, 3.8) is 0 Å². The van der Waals surface area contributed by atoms with Gasteiger partial charge >= 0.3 is 6.18 Å². The lowest BCUT2D eigenvalue weighted by molar-refractivity contribution is -0.137. The molecule has 0 aliphatic rings. The fourth-order valence-electron chi connectivity index (χ4n) is 1.22. The average Bonchev–Trinajstić information content (AvgIpc) is 2.16. The number of allylic oxidation sites excluding steroid dienone is 1. The third kappa shape index (κ3) is 3.77. The van der Waals surface area contributed by atoms with Gasteiger partial charge in [-0.15, -0.1) is 11.6 Å². The summed E-state index contributed by atoms with van der Waals surface area (Å²) in [6.07, 6.45) is -0.474. The molecule has 1 nitrogen and oxygen atoms in total. The van der Waals surface area contributed by atoms with Gasteiger partial charge < -0.3 is 5.73 Å². The smallest absolute Gasteiger partial charge is 0.399 e. The maximum absolute atomic E-state index is 12.4. The first-order valence-corrected chi connectivity index (χ1v) is 5.17. The van der Waals surface area contributed by atoms with Crippen LogP contribution < -0.4 is 5.73 Å². The van der Waals surface area contributed by atoms with Gasteiger partial charge in [0.1, 0.15) is 0 Å². The standard InChI is InChI=1S/C11H11ClF3N/c12-4-2-1-3-8-5-9(11(13,14)15)7-10(16)6-8/h1,3,5-7H,2,4,16H2. The summed E-state index contributed by atoms with van der Waals surface area (Å²) in [7, 11) is 0. The molecule has 1 aromatic carbocycles. The Kier molecular flexibility index (Phi) is 4.24. The molecular formula is C11H11ClF3N. The van der Waals surface area contributed by atoms with E-state index < -0.39 is 11.7 Å². The third-order valence-electron chi connectivity index (χ3n) is 1.89. The summed E-state index contributed by atoms with van der Waals surface area (Å²) in [5, 5.41) is 0. The molecule has 0 saturated carbocycles. The minimum atomic E-state index is -4.37. The lowest BCUT2D eigenvalue weighted by atomic mass is 10.1. The van der Waals surface area contributed by atoms with Gasteiger partial charge in [0.15, 0.2) is 0 Å². The van der Waals surface area contributed by atoms with Crippen LogP contribution in [0, 0.1) is 0 Å². The lowest BCUT2D eigenvalue weighted by Crippen LogP contribution is -2.06. The minimum absolute atomic E-state index is 0.0975. The highest BCUT2D eigenvalue weighted by Crippen LogP contribution is 2.31. The van der Waals surface area contributed by atoms with Crippen LogP contribution in [0.2, 0.25) is 0 Å². The first-order valence-electron chi connectivity index (χ1n) is 4.64. The number of nitrogens with two attached hydrogens (primary N) is 1. The van der Waals surface area contributed by atoms with Crippen molar-refractivity contribution in [2.75, 3.05) is 11.6 Å². The molecule has 0 heterocycles. The molecule has 88 valence electrons. The van der Waals surface area contributed by atoms with E-state index in [4.69, 9.17) is 17.3 Å². The van der Waals surface area contributed by atoms with Crippen molar-refractivity contribution < 1.29 is 13.2 Å². The summed E-state index contributed by atoms with van der Waals surface area (Å²) in [6, 6.07) is 3.46. The molecule has 0 aliphatic carbocycles. The van der Waals surface area contributed by atoms with Crippen molar-refractivity contribution in [3.8, 4) is 0 Å². The van der Waals surface area contributed by atoms with Crippen LogP contribution in [-0.2, 0) is 6.18 Å². The molecule has 1 aromatic rings. The number of hydrogen-bond donors (Lipinski definition) is 1. The maximum Gasteiger partial charge on any atom is 0.416 e. The van der Waals surface area contributed by atoms with Gasteiger partial charge in [0, 0.05) is 11.6 Å². The van der Waals surface area contributed by atoms with Crippen LogP contribution in [0.25, 0.3) is 6.08 Å². The molecule has 0 saturated heterocycles. The van der Waals surface area contributed by atoms with Gasteiger partial charge in [-0.05, 0) is 30.2 Å².